The van der Waals surface area contributed by atoms with Crippen molar-refractivity contribution < 1.29 is 18.7 Å². The molecule has 0 radical (unpaired) electrons. The van der Waals surface area contributed by atoms with Gasteiger partial charge < -0.3 is 19.4 Å². The molecule has 1 N–H and O–H groups in total. The topological polar surface area (TPSA) is 71.8 Å². The molecule has 0 saturated carbocycles. The normalized spacial score (nSPS) is 16.2. The van der Waals surface area contributed by atoms with Crippen molar-refractivity contribution in [3.05, 3.63) is 78.3 Å². The number of nitrogens with one attached hydrogen (secondary N) is 1. The summed E-state index contributed by atoms with van der Waals surface area (Å²) in [5, 5.41) is 2.98. The van der Waals surface area contributed by atoms with E-state index in [1.54, 1.807) is 17.0 Å². The van der Waals surface area contributed by atoms with Crippen LogP contribution in [0.25, 0.3) is 0 Å². The fourth-order valence-electron chi connectivity index (χ4n) is 3.56. The summed E-state index contributed by atoms with van der Waals surface area (Å²) in [7, 11) is 0. The number of piperidine rings is 1. The largest absolute Gasteiger partial charge is 0.459 e. The quantitative estimate of drug-likeness (QED) is 0.658. The molecule has 4 rings (SSSR count). The molecule has 1 fully saturated rings. The van der Waals surface area contributed by atoms with Crippen molar-refractivity contribution in [2.75, 3.05) is 18.4 Å². The van der Waals surface area contributed by atoms with Crippen molar-refractivity contribution >= 4 is 17.5 Å². The van der Waals surface area contributed by atoms with E-state index in [1.807, 2.05) is 55.5 Å². The van der Waals surface area contributed by atoms with Crippen molar-refractivity contribution in [3.8, 4) is 11.5 Å². The molecule has 154 valence electrons. The number of furan rings is 1. The van der Waals surface area contributed by atoms with Gasteiger partial charge in [-0.05, 0) is 56.2 Å². The molecule has 2 amide bonds. The second kappa shape index (κ2) is 8.86. The molecule has 30 heavy (non-hydrogen) atoms. The molecule has 0 unspecified atom stereocenters. The van der Waals surface area contributed by atoms with E-state index >= 15 is 0 Å². The predicted molar refractivity (Wildman–Crippen MR) is 114 cm³/mol. The van der Waals surface area contributed by atoms with Gasteiger partial charge in [-0.3, -0.25) is 9.59 Å². The highest BCUT2D eigenvalue weighted by Crippen LogP contribution is 2.30. The molecular formula is C24H24N2O4. The first kappa shape index (κ1) is 19.8. The average Bonchev–Trinajstić information content (AvgIpc) is 3.31. The van der Waals surface area contributed by atoms with E-state index in [1.165, 1.54) is 6.26 Å². The van der Waals surface area contributed by atoms with Crippen molar-refractivity contribution in [3.63, 3.8) is 0 Å². The number of benzene rings is 2. The second-order valence-electron chi connectivity index (χ2n) is 7.47. The lowest BCUT2D eigenvalue weighted by Gasteiger charge is -2.31. The highest BCUT2D eigenvalue weighted by molar-refractivity contribution is 5.95. The number of carbonyl (C=O) groups excluding carboxylic acids is 2. The average molecular weight is 404 g/mol. The Balaban J connectivity index is 1.43. The maximum atomic E-state index is 12.9. The van der Waals surface area contributed by atoms with Crippen LogP contribution in [0.3, 0.4) is 0 Å². The Hall–Kier alpha value is -3.54. The molecule has 1 atom stereocenters. The van der Waals surface area contributed by atoms with Crippen LogP contribution in [0.15, 0.2) is 71.3 Å². The summed E-state index contributed by atoms with van der Waals surface area (Å²) in [6.45, 7) is 3.00. The summed E-state index contributed by atoms with van der Waals surface area (Å²) in [4.78, 5) is 27.2. The van der Waals surface area contributed by atoms with E-state index in [2.05, 4.69) is 5.32 Å². The number of carbonyl (C=O) groups is 2. The maximum Gasteiger partial charge on any atom is 0.289 e. The standard InChI is InChI=1S/C24H24N2O4/c1-17-10-12-19(13-11-17)30-21-8-3-2-7-20(21)25-23(27)18-6-4-14-26(16-18)24(28)22-9-5-15-29-22/h2-3,5,7-13,15,18H,4,6,14,16H2,1H3,(H,25,27)/t18-/m1/s1. The van der Waals surface area contributed by atoms with Gasteiger partial charge in [-0.15, -0.1) is 0 Å². The molecule has 1 saturated heterocycles. The third kappa shape index (κ3) is 4.54. The SMILES string of the molecule is Cc1ccc(Oc2ccccc2NC(=O)[C@@H]2CCCN(C(=O)c3ccco3)C2)cc1. The number of amides is 2. The Kier molecular flexibility index (Phi) is 5.84. The number of para-hydroxylation sites is 2. The minimum Gasteiger partial charge on any atom is -0.459 e. The number of likely N-dealkylation sites (tertiary alicyclic amines) is 1. The van der Waals surface area contributed by atoms with E-state index in [0.29, 0.717) is 36.0 Å². The zero-order chi connectivity index (χ0) is 20.9. The first-order chi connectivity index (χ1) is 14.6. The molecule has 1 aliphatic heterocycles. The van der Waals surface area contributed by atoms with Gasteiger partial charge >= 0.3 is 0 Å². The first-order valence-electron chi connectivity index (χ1n) is 10.1. The van der Waals surface area contributed by atoms with Crippen LogP contribution in [-0.2, 0) is 4.79 Å². The van der Waals surface area contributed by atoms with Crippen molar-refractivity contribution in [2.45, 2.75) is 19.8 Å². The van der Waals surface area contributed by atoms with Gasteiger partial charge in [0.1, 0.15) is 5.75 Å². The van der Waals surface area contributed by atoms with Gasteiger partial charge in [0, 0.05) is 13.1 Å². The Morgan fingerprint density at radius 2 is 1.87 bits per heavy atom. The lowest BCUT2D eigenvalue weighted by Crippen LogP contribution is -2.43. The van der Waals surface area contributed by atoms with Crippen LogP contribution in [0.2, 0.25) is 0 Å². The summed E-state index contributed by atoms with van der Waals surface area (Å²) in [6, 6.07) is 18.4. The summed E-state index contributed by atoms with van der Waals surface area (Å²) in [5.41, 5.74) is 1.76. The molecule has 2 heterocycles. The van der Waals surface area contributed by atoms with E-state index < -0.39 is 0 Å². The first-order valence-corrected chi connectivity index (χ1v) is 10.1. The van der Waals surface area contributed by atoms with Crippen LogP contribution in [0.5, 0.6) is 11.5 Å². The van der Waals surface area contributed by atoms with E-state index in [4.69, 9.17) is 9.15 Å². The van der Waals surface area contributed by atoms with Crippen LogP contribution in [-0.4, -0.2) is 29.8 Å². The number of rotatable bonds is 5. The van der Waals surface area contributed by atoms with Crippen LogP contribution in [0.4, 0.5) is 5.69 Å². The zero-order valence-corrected chi connectivity index (χ0v) is 16.8. The van der Waals surface area contributed by atoms with Crippen molar-refractivity contribution in [1.29, 1.82) is 0 Å². The molecule has 0 aliphatic carbocycles. The van der Waals surface area contributed by atoms with Gasteiger partial charge in [0.05, 0.1) is 17.9 Å². The zero-order valence-electron chi connectivity index (χ0n) is 16.8. The van der Waals surface area contributed by atoms with E-state index in [0.717, 1.165) is 18.4 Å². The molecule has 1 aromatic heterocycles. The highest BCUT2D eigenvalue weighted by Gasteiger charge is 2.30. The van der Waals surface area contributed by atoms with Gasteiger partial charge in [-0.25, -0.2) is 0 Å². The maximum absolute atomic E-state index is 12.9. The lowest BCUT2D eigenvalue weighted by molar-refractivity contribution is -0.121. The fraction of sp³-hybridized carbons (Fsp3) is 0.250. The number of anilines is 1. The Bertz CT molecular complexity index is 1010. The summed E-state index contributed by atoms with van der Waals surface area (Å²) in [6.07, 6.45) is 2.98. The third-order valence-electron chi connectivity index (χ3n) is 5.21. The summed E-state index contributed by atoms with van der Waals surface area (Å²) in [5.74, 6) is 0.995. The van der Waals surface area contributed by atoms with Gasteiger partial charge in [-0.2, -0.15) is 0 Å². The number of nitrogens with zero attached hydrogens (tertiary/aromatic N) is 1. The Morgan fingerprint density at radius 3 is 2.63 bits per heavy atom. The van der Waals surface area contributed by atoms with Crippen LogP contribution in [0, 0.1) is 12.8 Å². The van der Waals surface area contributed by atoms with Gasteiger partial charge in [0.2, 0.25) is 5.91 Å². The monoisotopic (exact) mass is 404 g/mol. The predicted octanol–water partition coefficient (Wildman–Crippen LogP) is 4.87. The molecule has 0 bridgehead atoms. The third-order valence-corrected chi connectivity index (χ3v) is 5.21. The number of hydrogen-bond acceptors (Lipinski definition) is 4. The molecule has 2 aromatic carbocycles. The smallest absolute Gasteiger partial charge is 0.289 e. The molecule has 0 spiro atoms. The Labute approximate surface area is 175 Å². The number of hydrogen-bond donors (Lipinski definition) is 1. The Morgan fingerprint density at radius 1 is 1.07 bits per heavy atom. The minimum atomic E-state index is -0.287. The molecular weight excluding hydrogens is 380 g/mol. The van der Waals surface area contributed by atoms with Gasteiger partial charge in [-0.1, -0.05) is 29.8 Å². The molecule has 6 nitrogen and oxygen atoms in total. The van der Waals surface area contributed by atoms with Crippen LogP contribution in [0.1, 0.15) is 29.0 Å². The van der Waals surface area contributed by atoms with Crippen molar-refractivity contribution in [2.24, 2.45) is 5.92 Å². The molecule has 6 heteroatoms. The lowest BCUT2D eigenvalue weighted by atomic mass is 9.96. The van der Waals surface area contributed by atoms with Gasteiger partial charge in [0.15, 0.2) is 11.5 Å². The summed E-state index contributed by atoms with van der Waals surface area (Å²) < 4.78 is 11.2. The minimum absolute atomic E-state index is 0.119. The molecule has 1 aliphatic rings. The van der Waals surface area contributed by atoms with Crippen molar-refractivity contribution in [1.82, 2.24) is 4.90 Å². The van der Waals surface area contributed by atoms with Crippen LogP contribution >= 0.6 is 0 Å². The number of aryl methyl sites for hydroxylation is 1. The summed E-state index contributed by atoms with van der Waals surface area (Å²) >= 11 is 0. The van der Waals surface area contributed by atoms with Gasteiger partial charge in [0.25, 0.3) is 5.91 Å². The van der Waals surface area contributed by atoms with E-state index in [9.17, 15) is 9.59 Å². The number of ether oxygens (including phenoxy) is 1. The molecule has 3 aromatic rings. The van der Waals surface area contributed by atoms with Crippen LogP contribution < -0.4 is 10.1 Å². The highest BCUT2D eigenvalue weighted by atomic mass is 16.5. The fourth-order valence-corrected chi connectivity index (χ4v) is 3.56. The second-order valence-corrected chi connectivity index (χ2v) is 7.47. The van der Waals surface area contributed by atoms with E-state index in [-0.39, 0.29) is 17.7 Å².